The molecule has 13 heavy (non-hydrogen) atoms. The monoisotopic (exact) mass is 184 g/mol. The summed E-state index contributed by atoms with van der Waals surface area (Å²) in [6.45, 7) is 4.03. The highest BCUT2D eigenvalue weighted by molar-refractivity contribution is 5.71. The van der Waals surface area contributed by atoms with Gasteiger partial charge in [-0.2, -0.15) is 0 Å². The first kappa shape index (κ1) is 12.2. The molecule has 0 bridgehead atoms. The topological polar surface area (TPSA) is 26.3 Å². The van der Waals surface area contributed by atoms with E-state index in [1.54, 1.807) is 0 Å². The number of hydrogen-bond acceptors (Lipinski definition) is 2. The predicted molar refractivity (Wildman–Crippen MR) is 54.5 cm³/mol. The Bertz CT molecular complexity index is 161. The number of carbonyl (C=O) groups is 1. The molecular formula is C11H20O2. The van der Waals surface area contributed by atoms with E-state index in [0.717, 1.165) is 25.7 Å². The highest BCUT2D eigenvalue weighted by atomic mass is 16.5. The van der Waals surface area contributed by atoms with E-state index < -0.39 is 0 Å². The lowest BCUT2D eigenvalue weighted by atomic mass is 10.0. The summed E-state index contributed by atoms with van der Waals surface area (Å²) in [4.78, 5) is 11.0. The van der Waals surface area contributed by atoms with Crippen LogP contribution in [0.2, 0.25) is 0 Å². The average molecular weight is 184 g/mol. The van der Waals surface area contributed by atoms with E-state index in [0.29, 0.717) is 0 Å². The summed E-state index contributed by atoms with van der Waals surface area (Å²) in [5.41, 5.74) is 0. The molecule has 0 rings (SSSR count). The Morgan fingerprint density at radius 3 is 2.69 bits per heavy atom. The number of hydrogen-bond donors (Lipinski definition) is 0. The van der Waals surface area contributed by atoms with Crippen LogP contribution in [-0.2, 0) is 9.53 Å². The average Bonchev–Trinajstić information content (AvgIpc) is 2.16. The predicted octanol–water partition coefficient (Wildman–Crippen LogP) is 2.93. The van der Waals surface area contributed by atoms with E-state index in [1.807, 2.05) is 6.92 Å². The minimum atomic E-state index is -0.0977. The van der Waals surface area contributed by atoms with Crippen molar-refractivity contribution in [2.24, 2.45) is 5.92 Å². The first-order chi connectivity index (χ1) is 6.22. The second-order valence-corrected chi connectivity index (χ2v) is 3.23. The van der Waals surface area contributed by atoms with Crippen LogP contribution in [0.15, 0.2) is 12.2 Å². The fraction of sp³-hybridized carbons (Fsp3) is 0.727. The van der Waals surface area contributed by atoms with E-state index in [4.69, 9.17) is 0 Å². The van der Waals surface area contributed by atoms with Crippen molar-refractivity contribution in [1.82, 2.24) is 0 Å². The van der Waals surface area contributed by atoms with Crippen LogP contribution >= 0.6 is 0 Å². The molecular weight excluding hydrogens is 164 g/mol. The van der Waals surface area contributed by atoms with Crippen molar-refractivity contribution in [1.29, 1.82) is 0 Å². The molecule has 0 radical (unpaired) electrons. The summed E-state index contributed by atoms with van der Waals surface area (Å²) in [5.74, 6) is -0.0560. The molecule has 2 nitrogen and oxygen atoms in total. The Labute approximate surface area is 81.0 Å². The van der Waals surface area contributed by atoms with Crippen LogP contribution in [0.4, 0.5) is 0 Å². The van der Waals surface area contributed by atoms with Crippen LogP contribution in [0.1, 0.15) is 39.5 Å². The quantitative estimate of drug-likeness (QED) is 0.360. The maximum atomic E-state index is 11.0. The second kappa shape index (κ2) is 7.84. The number of esters is 1. The van der Waals surface area contributed by atoms with Crippen molar-refractivity contribution < 1.29 is 9.53 Å². The fourth-order valence-electron chi connectivity index (χ4n) is 1.15. The lowest BCUT2D eigenvalue weighted by molar-refractivity contribution is -0.145. The Kier molecular flexibility index (Phi) is 7.36. The Balaban J connectivity index is 3.42. The Hall–Kier alpha value is -0.790. The van der Waals surface area contributed by atoms with E-state index in [1.165, 1.54) is 7.11 Å². The molecule has 0 spiro atoms. The fourth-order valence-corrected chi connectivity index (χ4v) is 1.15. The smallest absolute Gasteiger partial charge is 0.308 e. The van der Waals surface area contributed by atoms with Crippen molar-refractivity contribution >= 4 is 5.97 Å². The van der Waals surface area contributed by atoms with Crippen LogP contribution < -0.4 is 0 Å². The van der Waals surface area contributed by atoms with Gasteiger partial charge in [0, 0.05) is 0 Å². The first-order valence-electron chi connectivity index (χ1n) is 4.95. The highest BCUT2D eigenvalue weighted by Crippen LogP contribution is 2.09. The molecule has 0 saturated heterocycles. The number of ether oxygens (including phenoxy) is 1. The van der Waals surface area contributed by atoms with Crippen molar-refractivity contribution in [3.05, 3.63) is 12.2 Å². The van der Waals surface area contributed by atoms with Gasteiger partial charge in [-0.3, -0.25) is 4.79 Å². The first-order valence-corrected chi connectivity index (χ1v) is 4.95. The molecule has 0 aromatic rings. The van der Waals surface area contributed by atoms with Crippen molar-refractivity contribution in [3.8, 4) is 0 Å². The molecule has 0 aromatic carbocycles. The van der Waals surface area contributed by atoms with E-state index in [9.17, 15) is 4.79 Å². The van der Waals surface area contributed by atoms with Gasteiger partial charge in [-0.05, 0) is 25.7 Å². The van der Waals surface area contributed by atoms with Crippen molar-refractivity contribution in [3.63, 3.8) is 0 Å². The third kappa shape index (κ3) is 6.38. The van der Waals surface area contributed by atoms with Crippen LogP contribution in [0.25, 0.3) is 0 Å². The molecule has 0 saturated carbocycles. The van der Waals surface area contributed by atoms with Gasteiger partial charge in [-0.15, -0.1) is 0 Å². The van der Waals surface area contributed by atoms with Gasteiger partial charge in [0.1, 0.15) is 0 Å². The maximum absolute atomic E-state index is 11.0. The summed E-state index contributed by atoms with van der Waals surface area (Å²) in [6.07, 6.45) is 8.46. The largest absolute Gasteiger partial charge is 0.469 e. The van der Waals surface area contributed by atoms with Crippen LogP contribution in [0.5, 0.6) is 0 Å². The summed E-state index contributed by atoms with van der Waals surface area (Å²) in [5, 5.41) is 0. The minimum Gasteiger partial charge on any atom is -0.469 e. The highest BCUT2D eigenvalue weighted by Gasteiger charge is 2.11. The second-order valence-electron chi connectivity index (χ2n) is 3.23. The summed E-state index contributed by atoms with van der Waals surface area (Å²) in [7, 11) is 1.44. The zero-order valence-corrected chi connectivity index (χ0v) is 8.88. The summed E-state index contributed by atoms with van der Waals surface area (Å²) < 4.78 is 4.63. The molecule has 0 N–H and O–H groups in total. The van der Waals surface area contributed by atoms with Gasteiger partial charge in [0.2, 0.25) is 0 Å². The SMILES string of the molecule is CCC=CCCCC(C)C(=O)OC. The third-order valence-electron chi connectivity index (χ3n) is 2.01. The number of methoxy groups -OCH3 is 1. The van der Waals surface area contributed by atoms with Crippen molar-refractivity contribution in [2.45, 2.75) is 39.5 Å². The molecule has 2 heteroatoms. The molecule has 0 aromatic heterocycles. The van der Waals surface area contributed by atoms with Gasteiger partial charge in [0.05, 0.1) is 13.0 Å². The van der Waals surface area contributed by atoms with E-state index in [-0.39, 0.29) is 11.9 Å². The van der Waals surface area contributed by atoms with Gasteiger partial charge in [-0.1, -0.05) is 26.0 Å². The van der Waals surface area contributed by atoms with Gasteiger partial charge < -0.3 is 4.74 Å². The Morgan fingerprint density at radius 2 is 2.15 bits per heavy atom. The molecule has 0 heterocycles. The van der Waals surface area contributed by atoms with Gasteiger partial charge in [0.25, 0.3) is 0 Å². The molecule has 0 amide bonds. The normalized spacial score (nSPS) is 13.2. The Morgan fingerprint density at radius 1 is 1.46 bits per heavy atom. The number of rotatable bonds is 6. The molecule has 1 unspecified atom stereocenters. The van der Waals surface area contributed by atoms with Crippen LogP contribution in [0.3, 0.4) is 0 Å². The molecule has 0 aliphatic rings. The van der Waals surface area contributed by atoms with Gasteiger partial charge >= 0.3 is 5.97 Å². The van der Waals surface area contributed by atoms with Crippen LogP contribution in [-0.4, -0.2) is 13.1 Å². The number of unbranched alkanes of at least 4 members (excludes halogenated alkanes) is 1. The van der Waals surface area contributed by atoms with E-state index in [2.05, 4.69) is 23.8 Å². The molecule has 0 aliphatic heterocycles. The number of allylic oxidation sites excluding steroid dienone is 2. The molecule has 76 valence electrons. The maximum Gasteiger partial charge on any atom is 0.308 e. The molecule has 0 fully saturated rings. The van der Waals surface area contributed by atoms with Gasteiger partial charge in [-0.25, -0.2) is 0 Å². The lowest BCUT2D eigenvalue weighted by Gasteiger charge is -2.06. The minimum absolute atomic E-state index is 0.0417. The summed E-state index contributed by atoms with van der Waals surface area (Å²) in [6, 6.07) is 0. The summed E-state index contributed by atoms with van der Waals surface area (Å²) >= 11 is 0. The standard InChI is InChI=1S/C11H20O2/c1-4-5-6-7-8-9-10(2)11(12)13-3/h5-6,10H,4,7-9H2,1-3H3. The molecule has 1 atom stereocenters. The van der Waals surface area contributed by atoms with Crippen molar-refractivity contribution in [2.75, 3.05) is 7.11 Å². The van der Waals surface area contributed by atoms with E-state index >= 15 is 0 Å². The lowest BCUT2D eigenvalue weighted by Crippen LogP contribution is -2.12. The van der Waals surface area contributed by atoms with Crippen LogP contribution in [0, 0.1) is 5.92 Å². The number of carbonyl (C=O) groups excluding carboxylic acids is 1. The zero-order chi connectivity index (χ0) is 10.1. The third-order valence-corrected chi connectivity index (χ3v) is 2.01. The zero-order valence-electron chi connectivity index (χ0n) is 8.88. The molecule has 0 aliphatic carbocycles. The van der Waals surface area contributed by atoms with Gasteiger partial charge in [0.15, 0.2) is 0 Å².